The predicted molar refractivity (Wildman–Crippen MR) is 72.2 cm³/mol. The summed E-state index contributed by atoms with van der Waals surface area (Å²) < 4.78 is 31.1. The molecule has 0 aliphatic rings. The third-order valence-electron chi connectivity index (χ3n) is 2.85. The number of ether oxygens (including phenoxy) is 1. The molecule has 0 bridgehead atoms. The topological polar surface area (TPSA) is 39.9 Å². The van der Waals surface area contributed by atoms with Gasteiger partial charge < -0.3 is 4.74 Å². The summed E-state index contributed by atoms with van der Waals surface area (Å²) in [6.45, 7) is 1.49. The molecule has 0 saturated heterocycles. The number of nitrogens with zero attached hydrogens (tertiary/aromatic N) is 3. The van der Waals surface area contributed by atoms with Crippen LogP contribution in [-0.2, 0) is 13.0 Å². The van der Waals surface area contributed by atoms with Gasteiger partial charge in [-0.1, -0.05) is 18.5 Å². The molecule has 2 aromatic heterocycles. The van der Waals surface area contributed by atoms with Gasteiger partial charge in [-0.3, -0.25) is 9.67 Å². The highest BCUT2D eigenvalue weighted by molar-refractivity contribution is 6.33. The molecule has 108 valence electrons. The molecule has 0 saturated carbocycles. The van der Waals surface area contributed by atoms with Crippen molar-refractivity contribution in [2.45, 2.75) is 33.4 Å². The van der Waals surface area contributed by atoms with E-state index in [1.807, 2.05) is 13.8 Å². The zero-order valence-electron chi connectivity index (χ0n) is 11.1. The Labute approximate surface area is 120 Å². The maximum absolute atomic E-state index is 12.5. The van der Waals surface area contributed by atoms with Crippen molar-refractivity contribution < 1.29 is 13.5 Å². The number of pyridine rings is 1. The molecule has 2 heterocycles. The van der Waals surface area contributed by atoms with Gasteiger partial charge in [-0.25, -0.2) is 0 Å². The highest BCUT2D eigenvalue weighted by atomic mass is 35.5. The summed E-state index contributed by atoms with van der Waals surface area (Å²) in [7, 11) is 0. The molecular weight excluding hydrogens is 288 g/mol. The average Bonchev–Trinajstić information content (AvgIpc) is 2.75. The average molecular weight is 302 g/mol. The molecule has 2 rings (SSSR count). The van der Waals surface area contributed by atoms with Gasteiger partial charge in [0, 0.05) is 18.9 Å². The Morgan fingerprint density at radius 1 is 1.40 bits per heavy atom. The highest BCUT2D eigenvalue weighted by Gasteiger charge is 2.20. The van der Waals surface area contributed by atoms with E-state index < -0.39 is 6.61 Å². The van der Waals surface area contributed by atoms with Crippen LogP contribution >= 0.6 is 11.6 Å². The van der Waals surface area contributed by atoms with Crippen molar-refractivity contribution in [1.82, 2.24) is 14.8 Å². The molecule has 0 spiro atoms. The minimum atomic E-state index is -2.90. The van der Waals surface area contributed by atoms with Gasteiger partial charge in [0.15, 0.2) is 0 Å². The summed E-state index contributed by atoms with van der Waals surface area (Å²) in [4.78, 5) is 3.96. The van der Waals surface area contributed by atoms with Crippen LogP contribution in [0.1, 0.15) is 19.5 Å². The van der Waals surface area contributed by atoms with E-state index in [0.717, 1.165) is 5.69 Å². The number of aromatic nitrogens is 3. The largest absolute Gasteiger partial charge is 0.434 e. The molecule has 0 radical (unpaired) electrons. The maximum atomic E-state index is 12.5. The van der Waals surface area contributed by atoms with Crippen molar-refractivity contribution in [3.05, 3.63) is 29.2 Å². The van der Waals surface area contributed by atoms with Crippen LogP contribution in [0.3, 0.4) is 0 Å². The first kappa shape index (κ1) is 14.7. The van der Waals surface area contributed by atoms with Crippen LogP contribution in [-0.4, -0.2) is 21.4 Å². The summed E-state index contributed by atoms with van der Waals surface area (Å²) in [5.74, 6) is 0.0363. The van der Waals surface area contributed by atoms with Crippen LogP contribution in [0.4, 0.5) is 8.78 Å². The van der Waals surface area contributed by atoms with Crippen molar-refractivity contribution in [3.63, 3.8) is 0 Å². The molecule has 0 aliphatic carbocycles. The summed E-state index contributed by atoms with van der Waals surface area (Å²) >= 11 is 6.30. The molecule has 0 N–H and O–H groups in total. The van der Waals surface area contributed by atoms with E-state index in [1.165, 1.54) is 18.5 Å². The van der Waals surface area contributed by atoms with E-state index in [0.29, 0.717) is 29.2 Å². The zero-order chi connectivity index (χ0) is 14.7. The van der Waals surface area contributed by atoms with Gasteiger partial charge in [-0.05, 0) is 19.4 Å². The van der Waals surface area contributed by atoms with Crippen LogP contribution < -0.4 is 4.74 Å². The van der Waals surface area contributed by atoms with Crippen molar-refractivity contribution in [2.75, 3.05) is 0 Å². The fraction of sp³-hybridized carbons (Fsp3) is 0.385. The second-order valence-electron chi connectivity index (χ2n) is 4.03. The van der Waals surface area contributed by atoms with Crippen molar-refractivity contribution in [2.24, 2.45) is 0 Å². The van der Waals surface area contributed by atoms with Gasteiger partial charge in [0.1, 0.15) is 5.75 Å². The lowest BCUT2D eigenvalue weighted by Gasteiger charge is -2.11. The van der Waals surface area contributed by atoms with Gasteiger partial charge in [0.25, 0.3) is 0 Å². The number of rotatable bonds is 5. The molecule has 0 atom stereocenters. The fourth-order valence-electron chi connectivity index (χ4n) is 1.96. The van der Waals surface area contributed by atoms with Crippen molar-refractivity contribution >= 4 is 11.6 Å². The van der Waals surface area contributed by atoms with Crippen molar-refractivity contribution in [1.29, 1.82) is 0 Å². The third kappa shape index (κ3) is 2.75. The lowest BCUT2D eigenvalue weighted by molar-refractivity contribution is -0.0495. The van der Waals surface area contributed by atoms with Crippen LogP contribution in [0.15, 0.2) is 18.5 Å². The Hall–Kier alpha value is -1.69. The lowest BCUT2D eigenvalue weighted by atomic mass is 10.1. The second-order valence-corrected chi connectivity index (χ2v) is 4.41. The first-order chi connectivity index (χ1) is 9.58. The first-order valence-corrected chi connectivity index (χ1v) is 6.60. The smallest absolute Gasteiger partial charge is 0.387 e. The Morgan fingerprint density at radius 2 is 2.15 bits per heavy atom. The molecule has 0 aromatic carbocycles. The number of aryl methyl sites for hydroxylation is 2. The molecular formula is C13H14ClF2N3O. The van der Waals surface area contributed by atoms with Gasteiger partial charge in [0.2, 0.25) is 0 Å². The van der Waals surface area contributed by atoms with E-state index in [4.69, 9.17) is 11.6 Å². The Bertz CT molecular complexity index is 601. The quantitative estimate of drug-likeness (QED) is 0.843. The standard InChI is InChI=1S/C13H14ClF2N3O/c1-3-9-11(14)12(19(4-2)18-9)8-7-17-6-5-10(8)20-13(15)16/h5-7,13H,3-4H2,1-2H3. The van der Waals surface area contributed by atoms with E-state index in [-0.39, 0.29) is 5.75 Å². The summed E-state index contributed by atoms with van der Waals surface area (Å²) in [6, 6.07) is 1.39. The van der Waals surface area contributed by atoms with E-state index in [1.54, 1.807) is 4.68 Å². The van der Waals surface area contributed by atoms with Gasteiger partial charge >= 0.3 is 6.61 Å². The SMILES string of the molecule is CCc1nn(CC)c(-c2cnccc2OC(F)F)c1Cl. The van der Waals surface area contributed by atoms with Crippen molar-refractivity contribution in [3.8, 4) is 17.0 Å². The van der Waals surface area contributed by atoms with E-state index in [9.17, 15) is 8.78 Å². The Kier molecular flexibility index (Phi) is 4.54. The van der Waals surface area contributed by atoms with E-state index in [2.05, 4.69) is 14.8 Å². The number of alkyl halides is 2. The molecule has 7 heteroatoms. The molecule has 0 aliphatic heterocycles. The maximum Gasteiger partial charge on any atom is 0.387 e. The first-order valence-electron chi connectivity index (χ1n) is 6.22. The minimum absolute atomic E-state index is 0.0363. The zero-order valence-corrected chi connectivity index (χ0v) is 11.9. The highest BCUT2D eigenvalue weighted by Crippen LogP contribution is 2.36. The molecule has 0 unspecified atom stereocenters. The predicted octanol–water partition coefficient (Wildman–Crippen LogP) is 3.78. The lowest BCUT2D eigenvalue weighted by Crippen LogP contribution is -2.05. The van der Waals surface area contributed by atoms with Gasteiger partial charge in [0.05, 0.1) is 22.0 Å². The molecule has 20 heavy (non-hydrogen) atoms. The van der Waals surface area contributed by atoms with Crippen LogP contribution in [0.2, 0.25) is 5.02 Å². The molecule has 4 nitrogen and oxygen atoms in total. The second kappa shape index (κ2) is 6.17. The number of hydrogen-bond acceptors (Lipinski definition) is 3. The molecule has 2 aromatic rings. The van der Waals surface area contributed by atoms with Crippen LogP contribution in [0, 0.1) is 0 Å². The van der Waals surface area contributed by atoms with Gasteiger partial charge in [-0.2, -0.15) is 13.9 Å². The molecule has 0 fully saturated rings. The Morgan fingerprint density at radius 3 is 2.75 bits per heavy atom. The van der Waals surface area contributed by atoms with Gasteiger partial charge in [-0.15, -0.1) is 0 Å². The summed E-state index contributed by atoms with van der Waals surface area (Å²) in [6.07, 6.45) is 3.50. The minimum Gasteiger partial charge on any atom is -0.434 e. The normalized spacial score (nSPS) is 11.1. The van der Waals surface area contributed by atoms with Crippen LogP contribution in [0.5, 0.6) is 5.75 Å². The molecule has 0 amide bonds. The fourth-order valence-corrected chi connectivity index (χ4v) is 2.33. The number of hydrogen-bond donors (Lipinski definition) is 0. The monoisotopic (exact) mass is 301 g/mol. The third-order valence-corrected chi connectivity index (χ3v) is 3.24. The summed E-state index contributed by atoms with van der Waals surface area (Å²) in [5, 5.41) is 4.80. The Balaban J connectivity index is 2.59. The van der Waals surface area contributed by atoms with E-state index >= 15 is 0 Å². The van der Waals surface area contributed by atoms with Crippen LogP contribution in [0.25, 0.3) is 11.3 Å². The number of halogens is 3. The summed E-state index contributed by atoms with van der Waals surface area (Å²) in [5.41, 5.74) is 1.68.